The minimum atomic E-state index is -0.113. The fraction of sp³-hybridized carbons (Fsp3) is 0.625. The molecule has 0 amide bonds. The first-order chi connectivity index (χ1) is 9.70. The minimum Gasteiger partial charge on any atom is -0.367 e. The molecule has 2 N–H and O–H groups in total. The van der Waals surface area contributed by atoms with E-state index in [-0.39, 0.29) is 5.82 Å². The van der Waals surface area contributed by atoms with Crippen LogP contribution >= 0.6 is 0 Å². The van der Waals surface area contributed by atoms with E-state index >= 15 is 0 Å². The molecule has 0 bridgehead atoms. The molecule has 1 heterocycles. The van der Waals surface area contributed by atoms with E-state index < -0.39 is 0 Å². The lowest BCUT2D eigenvalue weighted by Crippen LogP contribution is -2.47. The Labute approximate surface area is 121 Å². The maximum absolute atomic E-state index is 13.7. The molecular weight excluding hydrogens is 253 g/mol. The molecule has 3 nitrogen and oxygen atoms in total. The Hall–Kier alpha value is -1.13. The number of piperazine rings is 1. The fourth-order valence-electron chi connectivity index (χ4n) is 2.70. The van der Waals surface area contributed by atoms with E-state index in [1.54, 1.807) is 6.07 Å². The Morgan fingerprint density at radius 2 is 1.90 bits per heavy atom. The molecule has 4 heteroatoms. The maximum Gasteiger partial charge on any atom is 0.146 e. The van der Waals surface area contributed by atoms with Gasteiger partial charge in [-0.2, -0.15) is 0 Å². The number of para-hydroxylation sites is 1. The van der Waals surface area contributed by atoms with Gasteiger partial charge >= 0.3 is 0 Å². The Bertz CT molecular complexity index is 402. The molecule has 1 saturated heterocycles. The van der Waals surface area contributed by atoms with E-state index in [2.05, 4.69) is 16.7 Å². The SMILES string of the molecule is CC(CN)CCCN1CCN(c2ccccc2F)CC1. The van der Waals surface area contributed by atoms with Crippen molar-refractivity contribution in [2.45, 2.75) is 19.8 Å². The van der Waals surface area contributed by atoms with Crippen LogP contribution in [-0.4, -0.2) is 44.2 Å². The number of benzene rings is 1. The van der Waals surface area contributed by atoms with Crippen LogP contribution in [0.5, 0.6) is 0 Å². The summed E-state index contributed by atoms with van der Waals surface area (Å²) < 4.78 is 13.7. The fourth-order valence-corrected chi connectivity index (χ4v) is 2.70. The average Bonchev–Trinajstić information content (AvgIpc) is 2.48. The molecule has 1 fully saturated rings. The molecule has 0 aromatic heterocycles. The van der Waals surface area contributed by atoms with Crippen LogP contribution in [0.2, 0.25) is 0 Å². The average molecular weight is 279 g/mol. The highest BCUT2D eigenvalue weighted by Gasteiger charge is 2.18. The predicted octanol–water partition coefficient (Wildman–Crippen LogP) is 2.32. The van der Waals surface area contributed by atoms with E-state index in [0.717, 1.165) is 45.0 Å². The normalized spacial score (nSPS) is 18.2. The van der Waals surface area contributed by atoms with E-state index in [1.807, 2.05) is 12.1 Å². The van der Waals surface area contributed by atoms with E-state index in [0.29, 0.717) is 5.92 Å². The molecule has 20 heavy (non-hydrogen) atoms. The lowest BCUT2D eigenvalue weighted by Gasteiger charge is -2.36. The summed E-state index contributed by atoms with van der Waals surface area (Å²) >= 11 is 0. The van der Waals surface area contributed by atoms with Gasteiger partial charge in [0, 0.05) is 26.2 Å². The lowest BCUT2D eigenvalue weighted by molar-refractivity contribution is 0.247. The summed E-state index contributed by atoms with van der Waals surface area (Å²) in [6, 6.07) is 7.05. The Morgan fingerprint density at radius 1 is 1.20 bits per heavy atom. The van der Waals surface area contributed by atoms with Crippen molar-refractivity contribution in [3.05, 3.63) is 30.1 Å². The van der Waals surface area contributed by atoms with Gasteiger partial charge in [-0.25, -0.2) is 4.39 Å². The van der Waals surface area contributed by atoms with Crippen LogP contribution in [0.4, 0.5) is 10.1 Å². The van der Waals surface area contributed by atoms with Crippen molar-refractivity contribution in [3.63, 3.8) is 0 Å². The lowest BCUT2D eigenvalue weighted by atomic mass is 10.1. The van der Waals surface area contributed by atoms with Crippen molar-refractivity contribution < 1.29 is 4.39 Å². The molecule has 0 aliphatic carbocycles. The first kappa shape index (κ1) is 15.3. The highest BCUT2D eigenvalue weighted by atomic mass is 19.1. The third-order valence-corrected chi connectivity index (χ3v) is 4.14. The molecular formula is C16H26FN3. The van der Waals surface area contributed by atoms with Gasteiger partial charge in [-0.05, 0) is 44.0 Å². The van der Waals surface area contributed by atoms with Crippen LogP contribution in [-0.2, 0) is 0 Å². The van der Waals surface area contributed by atoms with Gasteiger partial charge in [0.2, 0.25) is 0 Å². The Balaban J connectivity index is 1.74. The molecule has 0 radical (unpaired) electrons. The monoisotopic (exact) mass is 279 g/mol. The zero-order chi connectivity index (χ0) is 14.4. The molecule has 0 spiro atoms. The summed E-state index contributed by atoms with van der Waals surface area (Å²) in [5.74, 6) is 0.507. The molecule has 1 aliphatic rings. The molecule has 2 rings (SSSR count). The first-order valence-corrected chi connectivity index (χ1v) is 7.62. The number of hydrogen-bond donors (Lipinski definition) is 1. The Morgan fingerprint density at radius 3 is 2.55 bits per heavy atom. The van der Waals surface area contributed by atoms with Crippen molar-refractivity contribution in [2.75, 3.05) is 44.2 Å². The van der Waals surface area contributed by atoms with Crippen molar-refractivity contribution in [2.24, 2.45) is 11.7 Å². The second-order valence-electron chi connectivity index (χ2n) is 5.76. The van der Waals surface area contributed by atoms with Gasteiger partial charge in [-0.3, -0.25) is 4.90 Å². The minimum absolute atomic E-state index is 0.113. The van der Waals surface area contributed by atoms with Crippen molar-refractivity contribution in [1.29, 1.82) is 0 Å². The second-order valence-corrected chi connectivity index (χ2v) is 5.76. The second kappa shape index (κ2) is 7.60. The molecule has 0 saturated carbocycles. The summed E-state index contributed by atoms with van der Waals surface area (Å²) in [6.07, 6.45) is 2.40. The molecule has 1 atom stereocenters. The van der Waals surface area contributed by atoms with Crippen LogP contribution < -0.4 is 10.6 Å². The highest BCUT2D eigenvalue weighted by molar-refractivity contribution is 5.47. The molecule has 1 aromatic rings. The van der Waals surface area contributed by atoms with Gasteiger partial charge in [-0.15, -0.1) is 0 Å². The number of hydrogen-bond acceptors (Lipinski definition) is 3. The van der Waals surface area contributed by atoms with Crippen LogP contribution in [0.15, 0.2) is 24.3 Å². The highest BCUT2D eigenvalue weighted by Crippen LogP contribution is 2.20. The van der Waals surface area contributed by atoms with E-state index in [4.69, 9.17) is 5.73 Å². The quantitative estimate of drug-likeness (QED) is 0.867. The molecule has 1 aliphatic heterocycles. The number of rotatable bonds is 6. The smallest absolute Gasteiger partial charge is 0.146 e. The molecule has 112 valence electrons. The van der Waals surface area contributed by atoms with Crippen molar-refractivity contribution >= 4 is 5.69 Å². The van der Waals surface area contributed by atoms with E-state index in [9.17, 15) is 4.39 Å². The molecule has 1 aromatic carbocycles. The maximum atomic E-state index is 13.7. The van der Waals surface area contributed by atoms with E-state index in [1.165, 1.54) is 18.9 Å². The van der Waals surface area contributed by atoms with Crippen LogP contribution in [0, 0.1) is 11.7 Å². The van der Waals surface area contributed by atoms with Crippen molar-refractivity contribution in [3.8, 4) is 0 Å². The number of nitrogens with zero attached hydrogens (tertiary/aromatic N) is 2. The third kappa shape index (κ3) is 4.18. The largest absolute Gasteiger partial charge is 0.367 e. The van der Waals surface area contributed by atoms with Gasteiger partial charge in [-0.1, -0.05) is 19.1 Å². The zero-order valence-electron chi connectivity index (χ0n) is 12.4. The zero-order valence-corrected chi connectivity index (χ0v) is 12.4. The van der Waals surface area contributed by atoms with Gasteiger partial charge in [0.1, 0.15) is 5.82 Å². The van der Waals surface area contributed by atoms with Gasteiger partial charge in [0.05, 0.1) is 5.69 Å². The molecule has 1 unspecified atom stereocenters. The summed E-state index contributed by atoms with van der Waals surface area (Å²) in [4.78, 5) is 4.62. The number of anilines is 1. The van der Waals surface area contributed by atoms with Crippen molar-refractivity contribution in [1.82, 2.24) is 4.90 Å². The van der Waals surface area contributed by atoms with Crippen LogP contribution in [0.25, 0.3) is 0 Å². The summed E-state index contributed by atoms with van der Waals surface area (Å²) in [5.41, 5.74) is 6.37. The third-order valence-electron chi connectivity index (χ3n) is 4.14. The van der Waals surface area contributed by atoms with Crippen LogP contribution in [0.1, 0.15) is 19.8 Å². The number of nitrogens with two attached hydrogens (primary N) is 1. The number of halogens is 1. The summed E-state index contributed by atoms with van der Waals surface area (Å²) in [6.45, 7) is 7.98. The topological polar surface area (TPSA) is 32.5 Å². The first-order valence-electron chi connectivity index (χ1n) is 7.62. The summed E-state index contributed by atoms with van der Waals surface area (Å²) in [7, 11) is 0. The predicted molar refractivity (Wildman–Crippen MR) is 82.5 cm³/mol. The van der Waals surface area contributed by atoms with Crippen LogP contribution in [0.3, 0.4) is 0 Å². The standard InChI is InChI=1S/C16H26FN3/c1-14(13-18)5-4-8-19-9-11-20(12-10-19)16-7-3-2-6-15(16)17/h2-3,6-7,14H,4-5,8-13,18H2,1H3. The van der Waals surface area contributed by atoms with Gasteiger partial charge < -0.3 is 10.6 Å². The van der Waals surface area contributed by atoms with Gasteiger partial charge in [0.15, 0.2) is 0 Å². The summed E-state index contributed by atoms with van der Waals surface area (Å²) in [5, 5.41) is 0. The van der Waals surface area contributed by atoms with Gasteiger partial charge in [0.25, 0.3) is 0 Å². The Kier molecular flexibility index (Phi) is 5.80.